The van der Waals surface area contributed by atoms with Crippen molar-refractivity contribution in [2.75, 3.05) is 5.75 Å². The second-order valence-electron chi connectivity index (χ2n) is 4.00. The van der Waals surface area contributed by atoms with Crippen LogP contribution in [-0.4, -0.2) is 29.4 Å². The first-order chi connectivity index (χ1) is 9.08. The average molecular weight is 297 g/mol. The maximum absolute atomic E-state index is 12.2. The predicted octanol–water partition coefficient (Wildman–Crippen LogP) is 0.900. The number of allylic oxidation sites excluding steroid dienone is 2. The third kappa shape index (κ3) is 1.99. The highest BCUT2D eigenvalue weighted by atomic mass is 35.5. The third-order valence-corrected chi connectivity index (χ3v) is 3.99. The van der Waals surface area contributed by atoms with Crippen LogP contribution >= 0.6 is 11.6 Å². The topological polar surface area (TPSA) is 75.8 Å². The Hall–Kier alpha value is -1.57. The van der Waals surface area contributed by atoms with E-state index in [1.165, 1.54) is 15.3 Å². The summed E-state index contributed by atoms with van der Waals surface area (Å²) < 4.78 is 14.2. The maximum atomic E-state index is 12.2. The van der Waals surface area contributed by atoms with E-state index in [-0.39, 0.29) is 11.0 Å². The van der Waals surface area contributed by atoms with Crippen LogP contribution in [0.3, 0.4) is 0 Å². The Bertz CT molecular complexity index is 777. The predicted molar refractivity (Wildman–Crippen MR) is 74.2 cm³/mol. The lowest BCUT2D eigenvalue weighted by Gasteiger charge is -2.10. The summed E-state index contributed by atoms with van der Waals surface area (Å²) in [5, 5.41) is 1.64. The fourth-order valence-corrected chi connectivity index (χ4v) is 2.79. The second-order valence-corrected chi connectivity index (χ2v) is 5.71. The largest absolute Gasteiger partial charge is 0.612 e. The lowest BCUT2D eigenvalue weighted by Crippen LogP contribution is -2.22. The van der Waals surface area contributed by atoms with Gasteiger partial charge in [0.05, 0.1) is 11.9 Å². The smallest absolute Gasteiger partial charge is 0.334 e. The molecule has 0 N–H and O–H groups in total. The van der Waals surface area contributed by atoms with E-state index in [0.29, 0.717) is 22.6 Å². The molecule has 3 heterocycles. The molecule has 0 aromatic carbocycles. The van der Waals surface area contributed by atoms with Crippen molar-refractivity contribution in [1.29, 1.82) is 0 Å². The standard InChI is InChI=1S/C11H9ClN4O2S/c1-15-8-6-13-10(12)14-9(8)16(11(15)17)7-2-4-19(18)5-3-7/h2-4,6H,5H2,1H3. The molecule has 1 aliphatic rings. The number of fused-ring (bicyclic) bond motifs is 1. The molecule has 19 heavy (non-hydrogen) atoms. The molecule has 0 radical (unpaired) electrons. The van der Waals surface area contributed by atoms with E-state index in [1.54, 1.807) is 24.6 Å². The van der Waals surface area contributed by atoms with Gasteiger partial charge >= 0.3 is 5.69 Å². The van der Waals surface area contributed by atoms with Crippen LogP contribution in [0.4, 0.5) is 0 Å². The molecule has 0 aliphatic carbocycles. The van der Waals surface area contributed by atoms with Crippen LogP contribution in [0.25, 0.3) is 16.9 Å². The van der Waals surface area contributed by atoms with E-state index >= 15 is 0 Å². The van der Waals surface area contributed by atoms with E-state index in [9.17, 15) is 9.35 Å². The van der Waals surface area contributed by atoms with Crippen LogP contribution in [0, 0.1) is 0 Å². The number of hydrogen-bond acceptors (Lipinski definition) is 4. The van der Waals surface area contributed by atoms with Crippen LogP contribution < -0.4 is 5.69 Å². The van der Waals surface area contributed by atoms with Crippen LogP contribution in [0.15, 0.2) is 28.6 Å². The van der Waals surface area contributed by atoms with Gasteiger partial charge in [-0.25, -0.2) is 14.3 Å². The van der Waals surface area contributed by atoms with E-state index in [2.05, 4.69) is 9.97 Å². The molecular formula is C11H9ClN4O2S. The molecule has 1 unspecified atom stereocenters. The highest BCUT2D eigenvalue weighted by molar-refractivity contribution is 7.94. The summed E-state index contributed by atoms with van der Waals surface area (Å²) in [6, 6.07) is 0. The summed E-state index contributed by atoms with van der Waals surface area (Å²) in [7, 11) is 1.64. The third-order valence-electron chi connectivity index (χ3n) is 2.88. The molecule has 1 aliphatic heterocycles. The molecule has 2 aromatic heterocycles. The number of rotatable bonds is 1. The monoisotopic (exact) mass is 296 g/mol. The highest BCUT2D eigenvalue weighted by Crippen LogP contribution is 2.19. The number of aryl methyl sites for hydroxylation is 1. The summed E-state index contributed by atoms with van der Waals surface area (Å²) in [5.41, 5.74) is 1.44. The van der Waals surface area contributed by atoms with Crippen LogP contribution in [0.1, 0.15) is 0 Å². The molecule has 0 spiro atoms. The van der Waals surface area contributed by atoms with Crippen LogP contribution in [0.2, 0.25) is 5.28 Å². The quantitative estimate of drug-likeness (QED) is 0.579. The van der Waals surface area contributed by atoms with Crippen molar-refractivity contribution < 1.29 is 4.55 Å². The summed E-state index contributed by atoms with van der Waals surface area (Å²) >= 11 is 4.77. The van der Waals surface area contributed by atoms with Crippen molar-refractivity contribution in [1.82, 2.24) is 19.1 Å². The van der Waals surface area contributed by atoms with Gasteiger partial charge in [0.25, 0.3) is 0 Å². The molecule has 0 saturated carbocycles. The first kappa shape index (κ1) is 12.5. The zero-order valence-corrected chi connectivity index (χ0v) is 11.5. The average Bonchev–Trinajstić information content (AvgIpc) is 2.63. The van der Waals surface area contributed by atoms with Gasteiger partial charge in [0.2, 0.25) is 5.28 Å². The Morgan fingerprint density at radius 1 is 1.53 bits per heavy atom. The first-order valence-electron chi connectivity index (χ1n) is 5.44. The van der Waals surface area contributed by atoms with Crippen molar-refractivity contribution in [3.63, 3.8) is 0 Å². The molecule has 8 heteroatoms. The summed E-state index contributed by atoms with van der Waals surface area (Å²) in [6.45, 7) is 0. The van der Waals surface area contributed by atoms with Crippen molar-refractivity contribution in [3.8, 4) is 0 Å². The Kier molecular flexibility index (Phi) is 2.96. The summed E-state index contributed by atoms with van der Waals surface area (Å²) in [4.78, 5) is 20.2. The Balaban J connectivity index is 2.29. The lowest BCUT2D eigenvalue weighted by molar-refractivity contribution is 0.606. The van der Waals surface area contributed by atoms with Gasteiger partial charge < -0.3 is 4.55 Å². The van der Waals surface area contributed by atoms with Crippen molar-refractivity contribution in [2.45, 2.75) is 0 Å². The molecular weight excluding hydrogens is 288 g/mol. The minimum Gasteiger partial charge on any atom is -0.612 e. The fraction of sp³-hybridized carbons (Fsp3) is 0.182. The zero-order valence-electron chi connectivity index (χ0n) is 9.91. The Labute approximate surface area is 116 Å². The van der Waals surface area contributed by atoms with Gasteiger partial charge in [0.1, 0.15) is 16.7 Å². The number of aromatic nitrogens is 4. The Morgan fingerprint density at radius 2 is 2.32 bits per heavy atom. The molecule has 2 aromatic rings. The summed E-state index contributed by atoms with van der Waals surface area (Å²) in [5.74, 6) is 0.382. The number of halogens is 1. The van der Waals surface area contributed by atoms with E-state index in [0.717, 1.165) is 0 Å². The van der Waals surface area contributed by atoms with Gasteiger partial charge in [-0.2, -0.15) is 4.98 Å². The lowest BCUT2D eigenvalue weighted by atomic mass is 10.4. The molecule has 0 saturated heterocycles. The van der Waals surface area contributed by atoms with E-state index < -0.39 is 11.2 Å². The van der Waals surface area contributed by atoms with Crippen LogP contribution in [0.5, 0.6) is 0 Å². The summed E-state index contributed by atoms with van der Waals surface area (Å²) in [6.07, 6.45) is 4.90. The van der Waals surface area contributed by atoms with Gasteiger partial charge in [0, 0.05) is 13.1 Å². The second kappa shape index (κ2) is 4.52. The molecule has 98 valence electrons. The number of hydrogen-bond donors (Lipinski definition) is 0. The number of imidazole rings is 1. The fourth-order valence-electron chi connectivity index (χ4n) is 1.93. The Morgan fingerprint density at radius 3 is 3.00 bits per heavy atom. The van der Waals surface area contributed by atoms with E-state index in [4.69, 9.17) is 11.6 Å². The highest BCUT2D eigenvalue weighted by Gasteiger charge is 2.18. The molecule has 0 fully saturated rings. The van der Waals surface area contributed by atoms with Gasteiger partial charge in [-0.3, -0.25) is 4.57 Å². The molecule has 3 rings (SSSR count). The van der Waals surface area contributed by atoms with Gasteiger partial charge in [-0.1, -0.05) is 0 Å². The maximum Gasteiger partial charge on any atom is 0.334 e. The molecule has 6 nitrogen and oxygen atoms in total. The van der Waals surface area contributed by atoms with Crippen molar-refractivity contribution >= 4 is 39.6 Å². The van der Waals surface area contributed by atoms with E-state index in [1.807, 2.05) is 0 Å². The minimum atomic E-state index is -1.01. The van der Waals surface area contributed by atoms with Gasteiger partial charge in [0.15, 0.2) is 5.65 Å². The zero-order chi connectivity index (χ0) is 13.6. The number of nitrogens with zero attached hydrogens (tertiary/aromatic N) is 4. The van der Waals surface area contributed by atoms with Crippen molar-refractivity contribution in [2.24, 2.45) is 7.05 Å². The minimum absolute atomic E-state index is 0.0795. The van der Waals surface area contributed by atoms with Gasteiger partial charge in [-0.15, -0.1) is 0 Å². The SMILES string of the molecule is Cn1c(=O)n(C2=CC[S+]([O-])C=C2)c2nc(Cl)ncc21. The normalized spacial score (nSPS) is 18.9. The van der Waals surface area contributed by atoms with Crippen molar-refractivity contribution in [3.05, 3.63) is 39.5 Å². The molecule has 1 atom stereocenters. The van der Waals surface area contributed by atoms with Gasteiger partial charge in [-0.05, 0) is 28.9 Å². The van der Waals surface area contributed by atoms with Crippen LogP contribution in [-0.2, 0) is 18.2 Å². The molecule has 0 amide bonds. The first-order valence-corrected chi connectivity index (χ1v) is 7.20. The molecule has 0 bridgehead atoms.